The van der Waals surface area contributed by atoms with Crippen LogP contribution in [0.5, 0.6) is 0 Å². The Bertz CT molecular complexity index is 489. The quantitative estimate of drug-likeness (QED) is 0.571. The van der Waals surface area contributed by atoms with Crippen LogP contribution in [0.2, 0.25) is 0 Å². The second-order valence-electron chi connectivity index (χ2n) is 6.54. The predicted molar refractivity (Wildman–Crippen MR) is 97.3 cm³/mol. The van der Waals surface area contributed by atoms with Gasteiger partial charge in [-0.2, -0.15) is 5.26 Å². The first-order chi connectivity index (χ1) is 11.6. The van der Waals surface area contributed by atoms with Gasteiger partial charge in [-0.3, -0.25) is 9.59 Å². The summed E-state index contributed by atoms with van der Waals surface area (Å²) < 4.78 is 5.13. The highest BCUT2D eigenvalue weighted by molar-refractivity contribution is 8.07. The van der Waals surface area contributed by atoms with Crippen LogP contribution in [0.1, 0.15) is 52.4 Å². The normalized spacial score (nSPS) is 30.5. The Morgan fingerprint density at radius 3 is 2.67 bits per heavy atom. The molecule has 134 valence electrons. The lowest BCUT2D eigenvalue weighted by atomic mass is 9.87. The Morgan fingerprint density at radius 1 is 1.33 bits per heavy atom. The molecule has 0 aromatic rings. The van der Waals surface area contributed by atoms with Crippen LogP contribution in [0.4, 0.5) is 0 Å². The van der Waals surface area contributed by atoms with E-state index in [1.165, 1.54) is 31.0 Å². The van der Waals surface area contributed by atoms with Gasteiger partial charge in [0.1, 0.15) is 10.7 Å². The van der Waals surface area contributed by atoms with E-state index in [1.807, 2.05) is 6.92 Å². The molecule has 1 amide bonds. The minimum Gasteiger partial charge on any atom is -0.465 e. The number of nitrogens with zero attached hydrogens (tertiary/aromatic N) is 1. The average Bonchev–Trinajstić information content (AvgIpc) is 2.86. The van der Waals surface area contributed by atoms with Gasteiger partial charge in [0, 0.05) is 6.42 Å². The number of nitriles is 1. The highest BCUT2D eigenvalue weighted by Crippen LogP contribution is 2.44. The second-order valence-corrected chi connectivity index (χ2v) is 8.79. The van der Waals surface area contributed by atoms with E-state index in [1.54, 1.807) is 6.92 Å². The third kappa shape index (κ3) is 5.06. The van der Waals surface area contributed by atoms with E-state index in [0.29, 0.717) is 18.9 Å². The van der Waals surface area contributed by atoms with Gasteiger partial charge in [0.2, 0.25) is 5.91 Å². The Hall–Kier alpha value is -0.870. The number of amides is 1. The lowest BCUT2D eigenvalue weighted by Gasteiger charge is -2.23. The predicted octanol–water partition coefficient (Wildman–Crippen LogP) is 3.30. The zero-order valence-electron chi connectivity index (χ0n) is 14.3. The number of esters is 1. The summed E-state index contributed by atoms with van der Waals surface area (Å²) in [5.41, 5.74) is 0. The Morgan fingerprint density at radius 2 is 2.04 bits per heavy atom. The zero-order valence-corrected chi connectivity index (χ0v) is 16.0. The molecule has 1 saturated heterocycles. The van der Waals surface area contributed by atoms with Crippen LogP contribution in [0.15, 0.2) is 0 Å². The van der Waals surface area contributed by atoms with Crippen LogP contribution in [0, 0.1) is 22.5 Å². The molecule has 0 radical (unpaired) electrons. The molecule has 7 heteroatoms. The van der Waals surface area contributed by atoms with Gasteiger partial charge in [-0.05, 0) is 43.4 Å². The summed E-state index contributed by atoms with van der Waals surface area (Å²) >= 11 is 2.57. The summed E-state index contributed by atoms with van der Waals surface area (Å²) in [5.74, 6) is 0.256. The summed E-state index contributed by atoms with van der Waals surface area (Å²) in [6.07, 6.45) is 6.51. The van der Waals surface area contributed by atoms with Gasteiger partial charge in [-0.1, -0.05) is 26.2 Å². The van der Waals surface area contributed by atoms with E-state index in [0.717, 1.165) is 24.6 Å². The van der Waals surface area contributed by atoms with Crippen molar-refractivity contribution in [1.82, 2.24) is 5.32 Å². The second kappa shape index (κ2) is 9.57. The molecule has 0 aromatic heterocycles. The summed E-state index contributed by atoms with van der Waals surface area (Å²) in [5, 5.41) is 13.6. The molecule has 1 heterocycles. The largest absolute Gasteiger partial charge is 0.465 e. The van der Waals surface area contributed by atoms with E-state index in [-0.39, 0.29) is 33.7 Å². The van der Waals surface area contributed by atoms with Gasteiger partial charge >= 0.3 is 5.97 Å². The number of carbonyl (C=O) groups excluding carboxylic acids is 2. The molecule has 2 rings (SSSR count). The lowest BCUT2D eigenvalue weighted by molar-refractivity contribution is -0.143. The van der Waals surface area contributed by atoms with Crippen molar-refractivity contribution in [3.05, 3.63) is 0 Å². The molecular formula is C17H26N2O3S2. The third-order valence-corrected chi connectivity index (χ3v) is 7.67. The van der Waals surface area contributed by atoms with Crippen molar-refractivity contribution in [3.63, 3.8) is 0 Å². The zero-order chi connectivity index (χ0) is 17.5. The van der Waals surface area contributed by atoms with Crippen molar-refractivity contribution < 1.29 is 14.3 Å². The first-order valence-electron chi connectivity index (χ1n) is 8.73. The van der Waals surface area contributed by atoms with Gasteiger partial charge in [0.15, 0.2) is 0 Å². The number of thioether (sulfide) groups is 2. The monoisotopic (exact) mass is 370 g/mol. The molecule has 1 aliphatic carbocycles. The number of hydrogen-bond acceptors (Lipinski definition) is 6. The van der Waals surface area contributed by atoms with Crippen molar-refractivity contribution in [3.8, 4) is 5.40 Å². The smallest absolute Gasteiger partial charge is 0.319 e. The number of hydrogen-bond donors (Lipinski definition) is 1. The molecule has 4 unspecified atom stereocenters. The fourth-order valence-electron chi connectivity index (χ4n) is 3.52. The molecule has 0 aromatic carbocycles. The Kier molecular flexibility index (Phi) is 7.76. The molecule has 4 atom stereocenters. The SMILES string of the molecule is CCOC(=O)C1SC(NC(=O)CC2CCCCC2)C(SC#N)C1C. The molecule has 0 bridgehead atoms. The van der Waals surface area contributed by atoms with E-state index in [9.17, 15) is 9.59 Å². The Labute approximate surface area is 152 Å². The first kappa shape index (κ1) is 19.5. The molecule has 2 aliphatic rings. The van der Waals surface area contributed by atoms with Crippen molar-refractivity contribution in [2.75, 3.05) is 6.61 Å². The fraction of sp³-hybridized carbons (Fsp3) is 0.824. The number of ether oxygens (including phenoxy) is 1. The van der Waals surface area contributed by atoms with Gasteiger partial charge in [0.05, 0.1) is 17.2 Å². The van der Waals surface area contributed by atoms with Gasteiger partial charge in [0.25, 0.3) is 0 Å². The molecule has 2 fully saturated rings. The summed E-state index contributed by atoms with van der Waals surface area (Å²) in [7, 11) is 0. The topological polar surface area (TPSA) is 79.2 Å². The van der Waals surface area contributed by atoms with Crippen molar-refractivity contribution in [1.29, 1.82) is 5.26 Å². The standard InChI is InChI=1S/C17H26N2O3S2/c1-3-22-17(21)15-11(2)14(23-10-18)16(24-15)19-13(20)9-12-7-5-4-6-8-12/h11-12,14-16H,3-9H2,1-2H3,(H,19,20). The number of thiocyanates is 1. The van der Waals surface area contributed by atoms with Crippen LogP contribution in [-0.2, 0) is 14.3 Å². The maximum atomic E-state index is 12.4. The van der Waals surface area contributed by atoms with Crippen molar-refractivity contribution in [2.45, 2.75) is 68.2 Å². The molecule has 1 N–H and O–H groups in total. The van der Waals surface area contributed by atoms with E-state index in [4.69, 9.17) is 10.00 Å². The summed E-state index contributed by atoms with van der Waals surface area (Å²) in [6.45, 7) is 4.08. The Balaban J connectivity index is 1.94. The van der Waals surface area contributed by atoms with Crippen LogP contribution in [0.3, 0.4) is 0 Å². The highest BCUT2D eigenvalue weighted by Gasteiger charge is 2.46. The third-order valence-electron chi connectivity index (χ3n) is 4.80. The summed E-state index contributed by atoms with van der Waals surface area (Å²) in [4.78, 5) is 24.5. The van der Waals surface area contributed by atoms with Crippen molar-refractivity contribution in [2.24, 2.45) is 11.8 Å². The van der Waals surface area contributed by atoms with Crippen molar-refractivity contribution >= 4 is 35.4 Å². The van der Waals surface area contributed by atoms with E-state index >= 15 is 0 Å². The van der Waals surface area contributed by atoms with Crippen LogP contribution < -0.4 is 5.32 Å². The minimum absolute atomic E-state index is 0.0151. The minimum atomic E-state index is -0.323. The van der Waals surface area contributed by atoms with Crippen LogP contribution >= 0.6 is 23.5 Å². The fourth-order valence-corrected chi connectivity index (χ4v) is 6.18. The average molecular weight is 371 g/mol. The maximum Gasteiger partial charge on any atom is 0.319 e. The molecule has 1 aliphatic heterocycles. The van der Waals surface area contributed by atoms with Gasteiger partial charge in [-0.15, -0.1) is 11.8 Å². The number of rotatable bonds is 6. The van der Waals surface area contributed by atoms with Crippen LogP contribution in [0.25, 0.3) is 0 Å². The lowest BCUT2D eigenvalue weighted by Crippen LogP contribution is -2.39. The number of carbonyl (C=O) groups is 2. The molecule has 5 nitrogen and oxygen atoms in total. The van der Waals surface area contributed by atoms with Crippen LogP contribution in [-0.4, -0.2) is 34.4 Å². The summed E-state index contributed by atoms with van der Waals surface area (Å²) in [6, 6.07) is 0. The maximum absolute atomic E-state index is 12.4. The molecule has 0 spiro atoms. The first-order valence-corrected chi connectivity index (χ1v) is 10.5. The van der Waals surface area contributed by atoms with E-state index < -0.39 is 0 Å². The molecule has 24 heavy (non-hydrogen) atoms. The molecule has 1 saturated carbocycles. The van der Waals surface area contributed by atoms with E-state index in [2.05, 4.69) is 10.7 Å². The highest BCUT2D eigenvalue weighted by atomic mass is 32.2. The van der Waals surface area contributed by atoms with Gasteiger partial charge < -0.3 is 10.1 Å². The van der Waals surface area contributed by atoms with Gasteiger partial charge in [-0.25, -0.2) is 0 Å². The molecular weight excluding hydrogens is 344 g/mol. The number of nitrogens with one attached hydrogen (secondary N) is 1.